The quantitative estimate of drug-likeness (QED) is 0.673. The predicted molar refractivity (Wildman–Crippen MR) is 128 cm³/mol. The van der Waals surface area contributed by atoms with Gasteiger partial charge >= 0.3 is 0 Å². The van der Waals surface area contributed by atoms with Gasteiger partial charge in [0.1, 0.15) is 6.10 Å². The van der Waals surface area contributed by atoms with E-state index < -0.39 is 11.0 Å². The Bertz CT molecular complexity index is 1020. The lowest BCUT2D eigenvalue weighted by molar-refractivity contribution is -0.200. The standard InChI is InChI=1S/C28H38N2O4/c1-2-3-4-18-10-13-30(26(18)32)20-9-11-28(33)22-15-19-7-8-21(31)24-23(19)27(28,25(20)34-24)12-14-29(22)16-17-5-6-17/h7-8,17-18,20,22,25,31,33H,2-6,9-16H2,1H3/t18?,20-,22-,25-,27-,28+/m0/s1. The minimum atomic E-state index is -0.877. The normalized spacial score (nSPS) is 40.4. The van der Waals surface area contributed by atoms with E-state index in [2.05, 4.69) is 22.8 Å². The third-order valence-electron chi connectivity index (χ3n) is 10.4. The molecule has 1 unspecified atom stereocenters. The van der Waals surface area contributed by atoms with Gasteiger partial charge in [-0.2, -0.15) is 0 Å². The third-order valence-corrected chi connectivity index (χ3v) is 10.4. The Morgan fingerprint density at radius 1 is 1.15 bits per heavy atom. The molecule has 1 amide bonds. The van der Waals surface area contributed by atoms with Crippen molar-refractivity contribution in [3.63, 3.8) is 0 Å². The zero-order chi connectivity index (χ0) is 23.2. The van der Waals surface area contributed by atoms with Crippen LogP contribution in [0.2, 0.25) is 0 Å². The Kier molecular flexibility index (Phi) is 4.65. The lowest BCUT2D eigenvalue weighted by atomic mass is 9.48. The van der Waals surface area contributed by atoms with Crippen molar-refractivity contribution in [2.24, 2.45) is 11.8 Å². The number of aromatic hydroxyl groups is 1. The van der Waals surface area contributed by atoms with Crippen LogP contribution < -0.4 is 4.74 Å². The van der Waals surface area contributed by atoms with E-state index in [0.717, 1.165) is 76.1 Å². The molecule has 6 aliphatic rings. The number of likely N-dealkylation sites (tertiary alicyclic amines) is 2. The van der Waals surface area contributed by atoms with Crippen molar-refractivity contribution in [1.82, 2.24) is 9.80 Å². The van der Waals surface area contributed by atoms with Gasteiger partial charge in [0.15, 0.2) is 11.5 Å². The third kappa shape index (κ3) is 2.67. The molecule has 2 saturated carbocycles. The van der Waals surface area contributed by atoms with E-state index in [4.69, 9.17) is 4.74 Å². The van der Waals surface area contributed by atoms with E-state index in [1.54, 1.807) is 6.07 Å². The average molecular weight is 467 g/mol. The van der Waals surface area contributed by atoms with Crippen LogP contribution in [0.15, 0.2) is 12.1 Å². The van der Waals surface area contributed by atoms with Crippen molar-refractivity contribution in [2.75, 3.05) is 19.6 Å². The number of aliphatic hydroxyl groups is 1. The number of rotatable bonds is 6. The number of hydrogen-bond acceptors (Lipinski definition) is 5. The van der Waals surface area contributed by atoms with Gasteiger partial charge in [0.25, 0.3) is 0 Å². The molecule has 0 radical (unpaired) electrons. The first kappa shape index (κ1) is 21.5. The zero-order valence-corrected chi connectivity index (χ0v) is 20.3. The average Bonchev–Trinajstić information content (AvgIpc) is 3.46. The Labute approximate surface area is 202 Å². The van der Waals surface area contributed by atoms with E-state index in [0.29, 0.717) is 12.2 Å². The summed E-state index contributed by atoms with van der Waals surface area (Å²) >= 11 is 0. The maximum absolute atomic E-state index is 13.5. The number of unbranched alkanes of at least 4 members (excludes halogenated alkanes) is 1. The summed E-state index contributed by atoms with van der Waals surface area (Å²) in [7, 11) is 0. The van der Waals surface area contributed by atoms with Crippen molar-refractivity contribution in [2.45, 2.75) is 100 Å². The highest BCUT2D eigenvalue weighted by Gasteiger charge is 2.73. The molecule has 6 nitrogen and oxygen atoms in total. The van der Waals surface area contributed by atoms with Crippen LogP contribution >= 0.6 is 0 Å². The second-order valence-corrected chi connectivity index (χ2v) is 12.1. The minimum absolute atomic E-state index is 0.0345. The predicted octanol–water partition coefficient (Wildman–Crippen LogP) is 3.36. The van der Waals surface area contributed by atoms with Gasteiger partial charge in [0.2, 0.25) is 5.91 Å². The molecular formula is C28H38N2O4. The summed E-state index contributed by atoms with van der Waals surface area (Å²) in [5, 5.41) is 23.4. The molecule has 34 heavy (non-hydrogen) atoms. The van der Waals surface area contributed by atoms with Crippen molar-refractivity contribution < 1.29 is 19.7 Å². The maximum Gasteiger partial charge on any atom is 0.226 e. The maximum atomic E-state index is 13.5. The van der Waals surface area contributed by atoms with Crippen LogP contribution in [0.4, 0.5) is 0 Å². The van der Waals surface area contributed by atoms with Gasteiger partial charge in [0.05, 0.1) is 17.1 Å². The van der Waals surface area contributed by atoms with Gasteiger partial charge in [-0.05, 0) is 75.5 Å². The van der Waals surface area contributed by atoms with Crippen molar-refractivity contribution in [3.8, 4) is 11.5 Å². The Hall–Kier alpha value is -1.79. The zero-order valence-electron chi connectivity index (χ0n) is 20.3. The molecule has 184 valence electrons. The minimum Gasteiger partial charge on any atom is -0.504 e. The summed E-state index contributed by atoms with van der Waals surface area (Å²) in [4.78, 5) is 18.1. The Balaban J connectivity index is 1.29. The van der Waals surface area contributed by atoms with Crippen molar-refractivity contribution in [1.29, 1.82) is 0 Å². The first-order chi connectivity index (χ1) is 16.5. The molecule has 1 spiro atoms. The van der Waals surface area contributed by atoms with Crippen molar-refractivity contribution in [3.05, 3.63) is 23.3 Å². The van der Waals surface area contributed by atoms with Crippen LogP contribution in [-0.4, -0.2) is 69.3 Å². The largest absolute Gasteiger partial charge is 0.504 e. The molecule has 0 aromatic heterocycles. The summed E-state index contributed by atoms with van der Waals surface area (Å²) in [6.45, 7) is 5.01. The van der Waals surface area contributed by atoms with E-state index in [-0.39, 0.29) is 35.8 Å². The van der Waals surface area contributed by atoms with Crippen LogP contribution in [0.5, 0.6) is 11.5 Å². The topological polar surface area (TPSA) is 73.2 Å². The molecule has 3 aliphatic carbocycles. The summed E-state index contributed by atoms with van der Waals surface area (Å²) in [6.07, 6.45) is 9.57. The summed E-state index contributed by atoms with van der Waals surface area (Å²) in [5.41, 5.74) is 0.864. The fourth-order valence-electron chi connectivity index (χ4n) is 8.59. The van der Waals surface area contributed by atoms with E-state index in [9.17, 15) is 15.0 Å². The number of carbonyl (C=O) groups is 1. The number of benzene rings is 1. The fraction of sp³-hybridized carbons (Fsp3) is 0.750. The van der Waals surface area contributed by atoms with Gasteiger partial charge in [-0.25, -0.2) is 0 Å². The SMILES string of the molecule is CCCCC1CCN([C@H]2CC[C@@]3(O)[C@@H]4Cc5ccc(O)c6c5[C@@]3(CCN4CC3CC3)[C@H]2O6)C1=O. The van der Waals surface area contributed by atoms with Crippen LogP contribution in [0.1, 0.15) is 75.8 Å². The molecule has 2 N–H and O–H groups in total. The van der Waals surface area contributed by atoms with Gasteiger partial charge in [-0.15, -0.1) is 0 Å². The van der Waals surface area contributed by atoms with Crippen LogP contribution in [-0.2, 0) is 16.6 Å². The van der Waals surface area contributed by atoms with Gasteiger partial charge in [-0.3, -0.25) is 9.69 Å². The van der Waals surface area contributed by atoms with Crippen LogP contribution in [0.25, 0.3) is 0 Å². The molecule has 6 heteroatoms. The highest BCUT2D eigenvalue weighted by atomic mass is 16.5. The molecule has 3 heterocycles. The summed E-state index contributed by atoms with van der Waals surface area (Å²) < 4.78 is 6.67. The second-order valence-electron chi connectivity index (χ2n) is 12.1. The highest BCUT2D eigenvalue weighted by Crippen LogP contribution is 2.66. The molecule has 1 aromatic carbocycles. The molecule has 4 fully saturated rings. The summed E-state index contributed by atoms with van der Waals surface area (Å²) in [5.74, 6) is 1.95. The first-order valence-electron chi connectivity index (χ1n) is 13.8. The number of nitrogens with zero attached hydrogens (tertiary/aromatic N) is 2. The molecule has 7 rings (SSSR count). The number of carbonyl (C=O) groups excluding carboxylic acids is 1. The Morgan fingerprint density at radius 2 is 2.00 bits per heavy atom. The lowest BCUT2D eigenvalue weighted by Gasteiger charge is -2.64. The van der Waals surface area contributed by atoms with E-state index >= 15 is 0 Å². The number of hydrogen-bond donors (Lipinski definition) is 2. The van der Waals surface area contributed by atoms with E-state index in [1.165, 1.54) is 18.4 Å². The molecule has 6 atom stereocenters. The van der Waals surface area contributed by atoms with Crippen LogP contribution in [0.3, 0.4) is 0 Å². The Morgan fingerprint density at radius 3 is 2.79 bits per heavy atom. The molecule has 2 saturated heterocycles. The molecule has 3 aliphatic heterocycles. The number of amides is 1. The van der Waals surface area contributed by atoms with Gasteiger partial charge in [0, 0.05) is 30.6 Å². The number of phenolic OH excluding ortho intramolecular Hbond substituents is 1. The molecular weight excluding hydrogens is 428 g/mol. The lowest BCUT2D eigenvalue weighted by Crippen LogP contribution is -2.78. The van der Waals surface area contributed by atoms with Crippen LogP contribution in [0, 0.1) is 11.8 Å². The second kappa shape index (κ2) is 7.36. The number of ether oxygens (including phenoxy) is 1. The number of piperidine rings is 1. The summed E-state index contributed by atoms with van der Waals surface area (Å²) in [6, 6.07) is 3.88. The number of phenols is 1. The monoisotopic (exact) mass is 466 g/mol. The van der Waals surface area contributed by atoms with Gasteiger partial charge in [-0.1, -0.05) is 25.8 Å². The van der Waals surface area contributed by atoms with E-state index in [1.807, 2.05) is 0 Å². The van der Waals surface area contributed by atoms with Crippen molar-refractivity contribution >= 4 is 5.91 Å². The van der Waals surface area contributed by atoms with Gasteiger partial charge < -0.3 is 19.8 Å². The fourth-order valence-corrected chi connectivity index (χ4v) is 8.59. The molecule has 2 bridgehead atoms. The smallest absolute Gasteiger partial charge is 0.226 e. The highest BCUT2D eigenvalue weighted by molar-refractivity contribution is 5.81. The molecule has 1 aromatic rings. The first-order valence-corrected chi connectivity index (χ1v) is 13.8.